The Morgan fingerprint density at radius 1 is 1.30 bits per heavy atom. The third-order valence-corrected chi connectivity index (χ3v) is 5.21. The number of hydrogen-bond acceptors (Lipinski definition) is 5. The van der Waals surface area contributed by atoms with Gasteiger partial charge in [0, 0.05) is 12.3 Å². The van der Waals surface area contributed by atoms with Crippen molar-refractivity contribution in [3.63, 3.8) is 0 Å². The van der Waals surface area contributed by atoms with Crippen LogP contribution in [0.25, 0.3) is 0 Å². The van der Waals surface area contributed by atoms with Gasteiger partial charge in [0.15, 0.2) is 0 Å². The van der Waals surface area contributed by atoms with Crippen molar-refractivity contribution in [3.8, 4) is 0 Å². The second-order valence-corrected chi connectivity index (χ2v) is 7.84. The topological polar surface area (TPSA) is 83.8 Å². The zero-order chi connectivity index (χ0) is 20.3. The molecule has 27 heavy (non-hydrogen) atoms. The van der Waals surface area contributed by atoms with Gasteiger partial charge in [0.05, 0.1) is 24.7 Å². The van der Waals surface area contributed by atoms with Crippen molar-refractivity contribution in [2.75, 3.05) is 7.11 Å². The van der Waals surface area contributed by atoms with E-state index in [0.29, 0.717) is 25.7 Å². The van der Waals surface area contributed by atoms with E-state index in [1.54, 1.807) is 6.08 Å². The number of aliphatic hydroxyl groups excluding tert-OH is 1. The highest BCUT2D eigenvalue weighted by Crippen LogP contribution is 2.32. The number of hydrogen-bond donors (Lipinski definition) is 2. The lowest BCUT2D eigenvalue weighted by atomic mass is 9.93. The van der Waals surface area contributed by atoms with Crippen LogP contribution >= 0.6 is 0 Å². The Morgan fingerprint density at radius 2 is 2.04 bits per heavy atom. The normalized spacial score (nSPS) is 25.4. The molecule has 4 atom stereocenters. The first-order valence-electron chi connectivity index (χ1n) is 10.1. The molecule has 5 nitrogen and oxygen atoms in total. The molecular formula is C22H36O5. The molecule has 0 aromatic heterocycles. The first kappa shape index (κ1) is 23.6. The predicted octanol–water partition coefficient (Wildman–Crippen LogP) is 3.73. The van der Waals surface area contributed by atoms with Crippen molar-refractivity contribution in [2.24, 2.45) is 11.8 Å². The van der Waals surface area contributed by atoms with Crippen molar-refractivity contribution in [3.05, 3.63) is 24.3 Å². The number of ether oxygens (including phenoxy) is 1. The van der Waals surface area contributed by atoms with Crippen LogP contribution in [0.5, 0.6) is 0 Å². The van der Waals surface area contributed by atoms with Crippen LogP contribution in [0.2, 0.25) is 0 Å². The largest absolute Gasteiger partial charge is 0.469 e. The monoisotopic (exact) mass is 380 g/mol. The first-order chi connectivity index (χ1) is 12.8. The van der Waals surface area contributed by atoms with Gasteiger partial charge in [-0.05, 0) is 45.4 Å². The Balaban J connectivity index is 2.40. The summed E-state index contributed by atoms with van der Waals surface area (Å²) < 4.78 is 4.59. The molecule has 1 aliphatic rings. The molecule has 0 spiro atoms. The Labute approximate surface area is 163 Å². The summed E-state index contributed by atoms with van der Waals surface area (Å²) >= 11 is 0. The van der Waals surface area contributed by atoms with E-state index in [1.165, 1.54) is 7.11 Å². The van der Waals surface area contributed by atoms with E-state index in [0.717, 1.165) is 32.1 Å². The zero-order valence-corrected chi connectivity index (χ0v) is 17.0. The van der Waals surface area contributed by atoms with Gasteiger partial charge in [-0.1, -0.05) is 44.1 Å². The van der Waals surface area contributed by atoms with Gasteiger partial charge in [-0.15, -0.1) is 0 Å². The van der Waals surface area contributed by atoms with Gasteiger partial charge < -0.3 is 14.9 Å². The number of aliphatic hydroxyl groups is 2. The van der Waals surface area contributed by atoms with Crippen LogP contribution in [0.15, 0.2) is 24.3 Å². The molecule has 2 N–H and O–H groups in total. The number of carbonyl (C=O) groups is 2. The van der Waals surface area contributed by atoms with E-state index in [4.69, 9.17) is 0 Å². The molecule has 1 fully saturated rings. The summed E-state index contributed by atoms with van der Waals surface area (Å²) in [6, 6.07) is 0. The molecule has 0 amide bonds. The van der Waals surface area contributed by atoms with Gasteiger partial charge in [0.2, 0.25) is 0 Å². The van der Waals surface area contributed by atoms with Crippen LogP contribution in [-0.2, 0) is 14.3 Å². The van der Waals surface area contributed by atoms with Crippen molar-refractivity contribution in [1.82, 2.24) is 0 Å². The number of esters is 1. The van der Waals surface area contributed by atoms with Crippen LogP contribution in [0.1, 0.15) is 71.6 Å². The van der Waals surface area contributed by atoms with Crippen molar-refractivity contribution >= 4 is 11.8 Å². The lowest BCUT2D eigenvalue weighted by molar-refractivity contribution is -0.140. The highest BCUT2D eigenvalue weighted by Gasteiger charge is 2.38. The van der Waals surface area contributed by atoms with Crippen LogP contribution < -0.4 is 0 Å². The van der Waals surface area contributed by atoms with Crippen LogP contribution in [0, 0.1) is 11.8 Å². The maximum atomic E-state index is 12.5. The predicted molar refractivity (Wildman–Crippen MR) is 106 cm³/mol. The number of unbranched alkanes of at least 4 members (excludes halogenated alkanes) is 2. The summed E-state index contributed by atoms with van der Waals surface area (Å²) in [7, 11) is 1.38. The fourth-order valence-corrected chi connectivity index (χ4v) is 3.42. The summed E-state index contributed by atoms with van der Waals surface area (Å²) in [6.45, 7) is 3.90. The Bertz CT molecular complexity index is 521. The maximum Gasteiger partial charge on any atom is 0.305 e. The summed E-state index contributed by atoms with van der Waals surface area (Å²) in [4.78, 5) is 23.6. The summed E-state index contributed by atoms with van der Waals surface area (Å²) in [5, 5.41) is 20.5. The Morgan fingerprint density at radius 3 is 2.70 bits per heavy atom. The fourth-order valence-electron chi connectivity index (χ4n) is 3.42. The molecule has 0 aliphatic heterocycles. The highest BCUT2D eigenvalue weighted by molar-refractivity contribution is 5.88. The third-order valence-electron chi connectivity index (χ3n) is 5.21. The first-order valence-corrected chi connectivity index (χ1v) is 10.1. The molecule has 1 aliphatic carbocycles. The van der Waals surface area contributed by atoms with Gasteiger partial charge in [-0.3, -0.25) is 9.59 Å². The summed E-state index contributed by atoms with van der Waals surface area (Å²) in [5.74, 6) is -0.760. The minimum Gasteiger partial charge on any atom is -0.469 e. The lowest BCUT2D eigenvalue weighted by Gasteiger charge is -2.21. The van der Waals surface area contributed by atoms with Crippen LogP contribution in [-0.4, -0.2) is 40.8 Å². The van der Waals surface area contributed by atoms with E-state index in [9.17, 15) is 19.8 Å². The molecule has 1 unspecified atom stereocenters. The van der Waals surface area contributed by atoms with Crippen molar-refractivity contribution < 1.29 is 24.5 Å². The molecule has 5 heteroatoms. The zero-order valence-electron chi connectivity index (χ0n) is 17.0. The fraction of sp³-hybridized carbons (Fsp3) is 0.727. The second-order valence-electron chi connectivity index (χ2n) is 7.84. The molecular weight excluding hydrogens is 344 g/mol. The molecule has 1 saturated carbocycles. The van der Waals surface area contributed by atoms with Gasteiger partial charge in [0.1, 0.15) is 5.78 Å². The smallest absolute Gasteiger partial charge is 0.305 e. The number of allylic oxidation sites excluding steroid dienone is 2. The molecule has 0 heterocycles. The standard InChI is InChI=1S/C22H36O5/c1-4-5-14-22(2,26)15-10-12-18-19(23)16-17(21(18)25)11-8-6-7-9-13-20(24)27-3/h6,8,10,12,17-19,23,26H,4-5,7,9,11,13-16H2,1-3H3/t17-,18-,19+,22?/m1/s1. The number of Topliss-reactive ketones (excluding diaryl/α,β-unsaturated/α-hetero) is 1. The molecule has 0 aromatic rings. The third kappa shape index (κ3) is 8.85. The lowest BCUT2D eigenvalue weighted by Crippen LogP contribution is -2.23. The van der Waals surface area contributed by atoms with E-state index < -0.39 is 17.6 Å². The second kappa shape index (κ2) is 12.1. The summed E-state index contributed by atoms with van der Waals surface area (Å²) in [5.41, 5.74) is -0.758. The highest BCUT2D eigenvalue weighted by atomic mass is 16.5. The van der Waals surface area contributed by atoms with E-state index in [-0.39, 0.29) is 17.7 Å². The van der Waals surface area contributed by atoms with E-state index >= 15 is 0 Å². The SMILES string of the molecule is CCCCC(C)(O)CC=C[C@H]1C(=O)[C@H](CC=CCCCC(=O)OC)C[C@@H]1O. The average Bonchev–Trinajstić information content (AvgIpc) is 2.90. The minimum absolute atomic E-state index is 0.0751. The quantitative estimate of drug-likeness (QED) is 0.306. The van der Waals surface area contributed by atoms with E-state index in [1.807, 2.05) is 25.2 Å². The molecule has 1 rings (SSSR count). The number of methoxy groups -OCH3 is 1. The number of rotatable bonds is 12. The molecule has 0 radical (unpaired) electrons. The molecule has 0 saturated heterocycles. The van der Waals surface area contributed by atoms with E-state index in [2.05, 4.69) is 11.7 Å². The van der Waals surface area contributed by atoms with Crippen molar-refractivity contribution in [2.45, 2.75) is 83.3 Å². The molecule has 154 valence electrons. The van der Waals surface area contributed by atoms with Gasteiger partial charge >= 0.3 is 5.97 Å². The van der Waals surface area contributed by atoms with Gasteiger partial charge in [0.25, 0.3) is 0 Å². The van der Waals surface area contributed by atoms with Crippen LogP contribution in [0.4, 0.5) is 0 Å². The summed E-state index contributed by atoms with van der Waals surface area (Å²) in [6.07, 6.45) is 13.2. The Hall–Kier alpha value is -1.46. The van der Waals surface area contributed by atoms with Gasteiger partial charge in [-0.25, -0.2) is 0 Å². The number of carbonyl (C=O) groups excluding carboxylic acids is 2. The maximum absolute atomic E-state index is 12.5. The molecule has 0 bridgehead atoms. The molecule has 0 aromatic carbocycles. The van der Waals surface area contributed by atoms with Crippen LogP contribution in [0.3, 0.4) is 0 Å². The minimum atomic E-state index is -0.758. The van der Waals surface area contributed by atoms with Gasteiger partial charge in [-0.2, -0.15) is 0 Å². The Kier molecular flexibility index (Phi) is 10.6. The van der Waals surface area contributed by atoms with Crippen molar-refractivity contribution in [1.29, 1.82) is 0 Å². The number of ketones is 1. The average molecular weight is 381 g/mol.